The minimum Gasteiger partial charge on any atom is -0.449 e. The number of nitrogens with zero attached hydrogens (tertiary/aromatic N) is 2. The van der Waals surface area contributed by atoms with E-state index in [2.05, 4.69) is 5.32 Å². The van der Waals surface area contributed by atoms with E-state index in [4.69, 9.17) is 4.74 Å². The third kappa shape index (κ3) is 4.08. The molecule has 0 aromatic heterocycles. The number of alkyl halides is 1. The smallest absolute Gasteiger partial charge is 0.417 e. The van der Waals surface area contributed by atoms with Crippen molar-refractivity contribution in [3.63, 3.8) is 0 Å². The fourth-order valence-electron chi connectivity index (χ4n) is 3.07. The molecular formula is C19H26FN3O3. The molecule has 1 N–H and O–H groups in total. The van der Waals surface area contributed by atoms with Crippen molar-refractivity contribution in [1.29, 1.82) is 0 Å². The van der Waals surface area contributed by atoms with Gasteiger partial charge in [0.25, 0.3) is 5.91 Å². The third-order valence-electron chi connectivity index (χ3n) is 5.14. The molecule has 1 aliphatic carbocycles. The molecule has 0 spiro atoms. The predicted octanol–water partition coefficient (Wildman–Crippen LogP) is 2.84. The number of carbonyl (C=O) groups excluding carboxylic acids is 2. The van der Waals surface area contributed by atoms with Crippen LogP contribution >= 0.6 is 0 Å². The van der Waals surface area contributed by atoms with Gasteiger partial charge in [0.15, 0.2) is 5.67 Å². The maximum atomic E-state index is 15.0. The monoisotopic (exact) mass is 363 g/mol. The summed E-state index contributed by atoms with van der Waals surface area (Å²) in [7, 11) is 0. The molecule has 0 aromatic rings. The summed E-state index contributed by atoms with van der Waals surface area (Å²) in [4.78, 5) is 27.5. The summed E-state index contributed by atoms with van der Waals surface area (Å²) < 4.78 is 20.0. The molecule has 6 nitrogen and oxygen atoms in total. The van der Waals surface area contributed by atoms with Crippen LogP contribution < -0.4 is 5.32 Å². The summed E-state index contributed by atoms with van der Waals surface area (Å²) in [5, 5.41) is 2.84. The summed E-state index contributed by atoms with van der Waals surface area (Å²) in [5.41, 5.74) is -1.13. The van der Waals surface area contributed by atoms with Crippen LogP contribution in [0.2, 0.25) is 0 Å². The molecular weight excluding hydrogens is 337 g/mol. The number of ether oxygens (including phenoxy) is 1. The quantitative estimate of drug-likeness (QED) is 0.834. The second-order valence-electron chi connectivity index (χ2n) is 7.32. The van der Waals surface area contributed by atoms with Crippen LogP contribution in [0.5, 0.6) is 0 Å². The van der Waals surface area contributed by atoms with Crippen LogP contribution in [0.25, 0.3) is 0 Å². The van der Waals surface area contributed by atoms with Crippen LogP contribution in [0.15, 0.2) is 36.3 Å². The van der Waals surface area contributed by atoms with Gasteiger partial charge in [-0.3, -0.25) is 9.69 Å². The molecule has 2 amide bonds. The van der Waals surface area contributed by atoms with Gasteiger partial charge in [0.05, 0.1) is 6.61 Å². The number of likely N-dealkylation sites (tertiary alicyclic amines) is 1. The Balaban J connectivity index is 1.57. The Morgan fingerprint density at radius 2 is 1.92 bits per heavy atom. The Bertz CT molecular complexity index is 659. The van der Waals surface area contributed by atoms with Crippen molar-refractivity contribution in [2.45, 2.75) is 50.7 Å². The molecule has 2 aliphatic heterocycles. The van der Waals surface area contributed by atoms with E-state index in [-0.39, 0.29) is 18.4 Å². The maximum absolute atomic E-state index is 15.0. The van der Waals surface area contributed by atoms with Gasteiger partial charge in [0, 0.05) is 49.6 Å². The summed E-state index contributed by atoms with van der Waals surface area (Å²) in [5.74, 6) is -0.476. The normalized spacial score (nSPS) is 23.1. The van der Waals surface area contributed by atoms with Crippen molar-refractivity contribution in [3.05, 3.63) is 36.3 Å². The molecule has 7 heteroatoms. The van der Waals surface area contributed by atoms with Crippen LogP contribution in [0.4, 0.5) is 9.18 Å². The number of hydrogen-bond donors (Lipinski definition) is 1. The number of halogens is 1. The van der Waals surface area contributed by atoms with Crippen LogP contribution in [0, 0.1) is 0 Å². The fraction of sp³-hybridized carbons (Fsp3) is 0.579. The summed E-state index contributed by atoms with van der Waals surface area (Å²) >= 11 is 0. The van der Waals surface area contributed by atoms with Crippen molar-refractivity contribution < 1.29 is 18.7 Å². The van der Waals surface area contributed by atoms with E-state index in [1.54, 1.807) is 31.5 Å². The first-order valence-corrected chi connectivity index (χ1v) is 9.13. The van der Waals surface area contributed by atoms with Gasteiger partial charge < -0.3 is 15.0 Å². The predicted molar refractivity (Wildman–Crippen MR) is 95.7 cm³/mol. The zero-order valence-corrected chi connectivity index (χ0v) is 15.3. The van der Waals surface area contributed by atoms with Crippen LogP contribution in [-0.4, -0.2) is 52.7 Å². The lowest BCUT2D eigenvalue weighted by atomic mass is 9.91. The second-order valence-corrected chi connectivity index (χ2v) is 7.32. The molecule has 0 bridgehead atoms. The van der Waals surface area contributed by atoms with Crippen molar-refractivity contribution in [3.8, 4) is 0 Å². The average molecular weight is 363 g/mol. The van der Waals surface area contributed by atoms with Gasteiger partial charge in [0.1, 0.15) is 0 Å². The molecule has 26 heavy (non-hydrogen) atoms. The van der Waals surface area contributed by atoms with E-state index in [1.807, 2.05) is 17.9 Å². The molecule has 2 fully saturated rings. The van der Waals surface area contributed by atoms with Gasteiger partial charge in [-0.1, -0.05) is 0 Å². The lowest BCUT2D eigenvalue weighted by molar-refractivity contribution is -0.136. The highest BCUT2D eigenvalue weighted by Crippen LogP contribution is 2.37. The number of amides is 2. The minimum absolute atomic E-state index is 0.158. The van der Waals surface area contributed by atoms with Crippen LogP contribution in [0.3, 0.4) is 0 Å². The number of nitrogens with one attached hydrogen (secondary N) is 1. The standard InChI is InChI=1S/C19H26FN3O3/c1-3-26-17(25)23-11-4-5-15(6-12-23)22-13-9-19(20,10-14-22)16(24)21-18(2)7-8-18/h4-6,11-12H,3,7-10,13-14H2,1-2H3,(H,21,24). The number of piperidine rings is 1. The number of carbonyl (C=O) groups is 2. The Morgan fingerprint density at radius 3 is 2.54 bits per heavy atom. The van der Waals surface area contributed by atoms with E-state index < -0.39 is 17.7 Å². The lowest BCUT2D eigenvalue weighted by Crippen LogP contribution is -2.53. The van der Waals surface area contributed by atoms with Gasteiger partial charge in [0.2, 0.25) is 0 Å². The average Bonchev–Trinajstić information content (AvgIpc) is 3.38. The molecule has 1 saturated carbocycles. The van der Waals surface area contributed by atoms with E-state index >= 15 is 4.39 Å². The summed E-state index contributed by atoms with van der Waals surface area (Å²) in [6, 6.07) is 0. The topological polar surface area (TPSA) is 61.9 Å². The van der Waals surface area contributed by atoms with Crippen molar-refractivity contribution in [2.75, 3.05) is 19.7 Å². The Labute approximate surface area is 153 Å². The van der Waals surface area contributed by atoms with Crippen molar-refractivity contribution >= 4 is 12.0 Å². The van der Waals surface area contributed by atoms with Crippen LogP contribution in [0.1, 0.15) is 39.5 Å². The molecule has 0 aromatic carbocycles. The van der Waals surface area contributed by atoms with Gasteiger partial charge in [-0.25, -0.2) is 9.18 Å². The first kappa shape index (κ1) is 18.5. The highest BCUT2D eigenvalue weighted by molar-refractivity contribution is 5.86. The SMILES string of the molecule is CCOC(=O)N1C=CC=C(N2CCC(F)(C(=O)NC3(C)CC3)CC2)C=C1. The Morgan fingerprint density at radius 1 is 1.23 bits per heavy atom. The van der Waals surface area contributed by atoms with E-state index in [1.165, 1.54) is 4.90 Å². The van der Waals surface area contributed by atoms with Crippen molar-refractivity contribution in [2.24, 2.45) is 0 Å². The van der Waals surface area contributed by atoms with Gasteiger partial charge >= 0.3 is 6.09 Å². The summed E-state index contributed by atoms with van der Waals surface area (Å²) in [6.45, 7) is 4.91. The molecule has 0 unspecified atom stereocenters. The van der Waals surface area contributed by atoms with Crippen LogP contribution in [-0.2, 0) is 9.53 Å². The van der Waals surface area contributed by atoms with E-state index in [0.717, 1.165) is 18.5 Å². The van der Waals surface area contributed by atoms with Crippen molar-refractivity contribution in [1.82, 2.24) is 15.1 Å². The zero-order chi connectivity index (χ0) is 18.8. The number of allylic oxidation sites excluding steroid dienone is 3. The summed E-state index contributed by atoms with van der Waals surface area (Å²) in [6.07, 6.45) is 10.4. The minimum atomic E-state index is -1.80. The molecule has 0 radical (unpaired) electrons. The fourth-order valence-corrected chi connectivity index (χ4v) is 3.07. The second kappa shape index (κ2) is 7.13. The highest BCUT2D eigenvalue weighted by Gasteiger charge is 2.47. The first-order valence-electron chi connectivity index (χ1n) is 9.13. The third-order valence-corrected chi connectivity index (χ3v) is 5.14. The molecule has 142 valence electrons. The molecule has 0 atom stereocenters. The Hall–Kier alpha value is -2.31. The number of hydrogen-bond acceptors (Lipinski definition) is 4. The van der Waals surface area contributed by atoms with Gasteiger partial charge in [-0.15, -0.1) is 0 Å². The van der Waals surface area contributed by atoms with E-state index in [9.17, 15) is 9.59 Å². The largest absolute Gasteiger partial charge is 0.449 e. The molecule has 2 heterocycles. The molecule has 3 aliphatic rings. The molecule has 1 saturated heterocycles. The molecule has 3 rings (SSSR count). The first-order chi connectivity index (χ1) is 12.4. The maximum Gasteiger partial charge on any atom is 0.417 e. The van der Waals surface area contributed by atoms with Gasteiger partial charge in [-0.05, 0) is 44.9 Å². The van der Waals surface area contributed by atoms with Gasteiger partial charge in [-0.2, -0.15) is 0 Å². The Kier molecular flexibility index (Phi) is 5.07. The zero-order valence-electron chi connectivity index (χ0n) is 15.3. The number of rotatable bonds is 4. The lowest BCUT2D eigenvalue weighted by Gasteiger charge is -2.37. The highest BCUT2D eigenvalue weighted by atomic mass is 19.1. The van der Waals surface area contributed by atoms with E-state index in [0.29, 0.717) is 19.7 Å².